The molecular weight excluding hydrogens is 249 g/mol. The zero-order valence-corrected chi connectivity index (χ0v) is 10.6. The fraction of sp³-hybridized carbons (Fsp3) is 0.308. The molecule has 0 aliphatic carbocycles. The molecule has 1 atom stereocenters. The van der Waals surface area contributed by atoms with Crippen molar-refractivity contribution in [1.82, 2.24) is 9.78 Å². The van der Waals surface area contributed by atoms with Crippen LogP contribution in [0.2, 0.25) is 0 Å². The second kappa shape index (κ2) is 5.92. The molecule has 3 N–H and O–H groups in total. The van der Waals surface area contributed by atoms with Crippen LogP contribution in [0, 0.1) is 5.82 Å². The third kappa shape index (κ3) is 2.98. The molecule has 0 fully saturated rings. The van der Waals surface area contributed by atoms with Crippen molar-refractivity contribution in [2.45, 2.75) is 19.4 Å². The van der Waals surface area contributed by atoms with Crippen molar-refractivity contribution in [2.75, 3.05) is 7.11 Å². The number of hydrogen-bond acceptors (Lipinski definition) is 4. The van der Waals surface area contributed by atoms with Gasteiger partial charge in [-0.2, -0.15) is 5.10 Å². The normalized spacial score (nSPS) is 12.6. The van der Waals surface area contributed by atoms with Gasteiger partial charge >= 0.3 is 0 Å². The highest BCUT2D eigenvalue weighted by molar-refractivity contribution is 5.30. The van der Waals surface area contributed by atoms with Gasteiger partial charge in [-0.3, -0.25) is 0 Å². The third-order valence-electron chi connectivity index (χ3n) is 2.80. The summed E-state index contributed by atoms with van der Waals surface area (Å²) in [4.78, 5) is 0. The summed E-state index contributed by atoms with van der Waals surface area (Å²) in [6.07, 6.45) is 0.795. The van der Waals surface area contributed by atoms with Gasteiger partial charge in [0.25, 0.3) is 0 Å². The first-order valence-corrected chi connectivity index (χ1v) is 5.84. The van der Waals surface area contributed by atoms with E-state index in [-0.39, 0.29) is 19.1 Å². The van der Waals surface area contributed by atoms with Crippen LogP contribution in [-0.4, -0.2) is 22.0 Å². The highest BCUT2D eigenvalue weighted by Gasteiger charge is 2.18. The summed E-state index contributed by atoms with van der Waals surface area (Å²) >= 11 is 0. The zero-order chi connectivity index (χ0) is 13.8. The number of hydrogen-bond donors (Lipinski definition) is 2. The van der Waals surface area contributed by atoms with Crippen LogP contribution in [0.4, 0.5) is 4.39 Å². The van der Waals surface area contributed by atoms with E-state index >= 15 is 0 Å². The Morgan fingerprint density at radius 1 is 1.42 bits per heavy atom. The summed E-state index contributed by atoms with van der Waals surface area (Å²) < 4.78 is 19.4. The molecule has 0 saturated heterocycles. The Balaban J connectivity index is 2.31. The van der Waals surface area contributed by atoms with Crippen LogP contribution in [0.15, 0.2) is 30.5 Å². The molecule has 1 aromatic heterocycles. The number of nitrogens with zero attached hydrogens (tertiary/aromatic N) is 2. The van der Waals surface area contributed by atoms with Crippen LogP contribution in [0.1, 0.15) is 22.9 Å². The van der Waals surface area contributed by atoms with Crippen LogP contribution in [-0.2, 0) is 18.0 Å². The van der Waals surface area contributed by atoms with E-state index in [1.165, 1.54) is 24.3 Å². The number of methoxy groups -OCH3 is 1. The van der Waals surface area contributed by atoms with Crippen molar-refractivity contribution in [3.8, 4) is 0 Å². The largest absolute Gasteiger partial charge is 0.382 e. The van der Waals surface area contributed by atoms with Gasteiger partial charge in [-0.05, 0) is 17.7 Å². The second-order valence-electron chi connectivity index (χ2n) is 4.16. The van der Waals surface area contributed by atoms with Crippen LogP contribution in [0.5, 0.6) is 0 Å². The molecule has 19 heavy (non-hydrogen) atoms. The van der Waals surface area contributed by atoms with Crippen molar-refractivity contribution in [2.24, 2.45) is 5.73 Å². The molecule has 0 spiro atoms. The molecule has 1 aromatic carbocycles. The lowest BCUT2D eigenvalue weighted by atomic mass is 10.0. The molecule has 0 saturated carbocycles. The molecule has 0 amide bonds. The van der Waals surface area contributed by atoms with Gasteiger partial charge in [0.15, 0.2) is 0 Å². The maximum Gasteiger partial charge on any atom is 0.138 e. The average molecular weight is 265 g/mol. The van der Waals surface area contributed by atoms with E-state index in [9.17, 15) is 9.50 Å². The van der Waals surface area contributed by atoms with Crippen LogP contribution in [0.3, 0.4) is 0 Å². The van der Waals surface area contributed by atoms with E-state index in [1.807, 2.05) is 0 Å². The first kappa shape index (κ1) is 13.7. The van der Waals surface area contributed by atoms with Gasteiger partial charge in [-0.1, -0.05) is 12.1 Å². The molecule has 0 bridgehead atoms. The number of aliphatic hydroxyl groups is 1. The summed E-state index contributed by atoms with van der Waals surface area (Å²) in [6, 6.07) is 5.64. The van der Waals surface area contributed by atoms with Crippen molar-refractivity contribution in [3.63, 3.8) is 0 Å². The molecule has 5 nitrogen and oxygen atoms in total. The minimum absolute atomic E-state index is 0.261. The van der Waals surface area contributed by atoms with Gasteiger partial charge in [0, 0.05) is 25.4 Å². The Bertz CT molecular complexity index is 539. The average Bonchev–Trinajstić information content (AvgIpc) is 2.82. The van der Waals surface area contributed by atoms with E-state index in [0.29, 0.717) is 11.3 Å². The molecule has 6 heteroatoms. The van der Waals surface area contributed by atoms with E-state index in [2.05, 4.69) is 5.10 Å². The Hall–Kier alpha value is -1.76. The van der Waals surface area contributed by atoms with E-state index in [4.69, 9.17) is 10.5 Å². The minimum Gasteiger partial charge on any atom is -0.382 e. The van der Waals surface area contributed by atoms with Gasteiger partial charge in [0.1, 0.15) is 24.3 Å². The number of benzene rings is 1. The Kier molecular flexibility index (Phi) is 4.26. The lowest BCUT2D eigenvalue weighted by Gasteiger charge is -2.10. The lowest BCUT2D eigenvalue weighted by Crippen LogP contribution is -2.07. The SMILES string of the molecule is COCn1cc(CN)c(C(O)c2ccc(F)cc2)n1. The van der Waals surface area contributed by atoms with Gasteiger partial charge in [-0.25, -0.2) is 9.07 Å². The fourth-order valence-corrected chi connectivity index (χ4v) is 1.87. The Morgan fingerprint density at radius 2 is 2.11 bits per heavy atom. The van der Waals surface area contributed by atoms with Crippen molar-refractivity contribution < 1.29 is 14.2 Å². The van der Waals surface area contributed by atoms with Crippen LogP contribution < -0.4 is 5.73 Å². The van der Waals surface area contributed by atoms with Crippen LogP contribution >= 0.6 is 0 Å². The molecule has 2 aromatic rings. The zero-order valence-electron chi connectivity index (χ0n) is 10.6. The number of rotatable bonds is 5. The van der Waals surface area contributed by atoms with Gasteiger partial charge < -0.3 is 15.6 Å². The second-order valence-corrected chi connectivity index (χ2v) is 4.16. The summed E-state index contributed by atoms with van der Waals surface area (Å²) in [5, 5.41) is 14.5. The number of nitrogens with two attached hydrogens (primary N) is 1. The van der Waals surface area contributed by atoms with Crippen molar-refractivity contribution in [1.29, 1.82) is 0 Å². The monoisotopic (exact) mass is 265 g/mol. The number of halogens is 1. The first-order valence-electron chi connectivity index (χ1n) is 5.84. The summed E-state index contributed by atoms with van der Waals surface area (Å²) in [5.41, 5.74) is 7.40. The Labute approximate surface area is 110 Å². The fourth-order valence-electron chi connectivity index (χ4n) is 1.87. The summed E-state index contributed by atoms with van der Waals surface area (Å²) in [7, 11) is 1.56. The molecule has 102 valence electrons. The van der Waals surface area contributed by atoms with Crippen molar-refractivity contribution in [3.05, 3.63) is 53.1 Å². The summed E-state index contributed by atoms with van der Waals surface area (Å²) in [5.74, 6) is -0.347. The highest BCUT2D eigenvalue weighted by atomic mass is 19.1. The maximum atomic E-state index is 12.9. The highest BCUT2D eigenvalue weighted by Crippen LogP contribution is 2.23. The smallest absolute Gasteiger partial charge is 0.138 e. The van der Waals surface area contributed by atoms with Gasteiger partial charge in [-0.15, -0.1) is 0 Å². The van der Waals surface area contributed by atoms with E-state index in [1.54, 1.807) is 18.0 Å². The molecule has 2 rings (SSSR count). The van der Waals surface area contributed by atoms with Gasteiger partial charge in [0.2, 0.25) is 0 Å². The molecule has 0 radical (unpaired) electrons. The predicted octanol–water partition coefficient (Wildman–Crippen LogP) is 1.17. The topological polar surface area (TPSA) is 73.3 Å². The number of aromatic nitrogens is 2. The minimum atomic E-state index is -0.933. The molecular formula is C13H16FN3O2. The Morgan fingerprint density at radius 3 is 2.68 bits per heavy atom. The summed E-state index contributed by atoms with van der Waals surface area (Å²) in [6.45, 7) is 0.542. The number of aliphatic hydroxyl groups excluding tert-OH is 1. The standard InChI is InChI=1S/C13H16FN3O2/c1-19-8-17-7-10(6-15)12(16-17)13(18)9-2-4-11(14)5-3-9/h2-5,7,13,18H,6,8,15H2,1H3. The van der Waals surface area contributed by atoms with E-state index in [0.717, 1.165) is 5.56 Å². The molecule has 1 heterocycles. The predicted molar refractivity (Wildman–Crippen MR) is 67.6 cm³/mol. The molecule has 0 aliphatic heterocycles. The molecule has 1 unspecified atom stereocenters. The maximum absolute atomic E-state index is 12.9. The van der Waals surface area contributed by atoms with Crippen LogP contribution in [0.25, 0.3) is 0 Å². The lowest BCUT2D eigenvalue weighted by molar-refractivity contribution is 0.118. The molecule has 0 aliphatic rings. The quantitative estimate of drug-likeness (QED) is 0.851. The van der Waals surface area contributed by atoms with Crippen molar-refractivity contribution >= 4 is 0 Å². The van der Waals surface area contributed by atoms with E-state index < -0.39 is 6.10 Å². The first-order chi connectivity index (χ1) is 9.15. The third-order valence-corrected chi connectivity index (χ3v) is 2.80. The van der Waals surface area contributed by atoms with Gasteiger partial charge in [0.05, 0.1) is 0 Å². The number of ether oxygens (including phenoxy) is 1.